The van der Waals surface area contributed by atoms with E-state index in [0.29, 0.717) is 36.2 Å². The standard InChI is InChI=1S/C15H18BrN5O3/c1-4-23-12-7-10(6-11(16)13(12)24-5-2)8-17-20-14-9(3)19-21-15(22)18-14/h6-8H,4-5H2,1-3H3,(H2,18,20,21,22)/b17-8+. The van der Waals surface area contributed by atoms with Crippen LogP contribution in [0, 0.1) is 6.92 Å². The number of hydrogen-bond donors (Lipinski definition) is 2. The first-order valence-electron chi connectivity index (χ1n) is 7.36. The van der Waals surface area contributed by atoms with Gasteiger partial charge >= 0.3 is 5.69 Å². The SMILES string of the molecule is CCOc1cc(/C=N/Nc2nc(=O)[nH]nc2C)cc(Br)c1OCC. The summed E-state index contributed by atoms with van der Waals surface area (Å²) >= 11 is 3.47. The van der Waals surface area contributed by atoms with E-state index in [1.807, 2.05) is 26.0 Å². The lowest BCUT2D eigenvalue weighted by atomic mass is 10.2. The lowest BCUT2D eigenvalue weighted by Gasteiger charge is -2.13. The van der Waals surface area contributed by atoms with Crippen molar-refractivity contribution in [2.75, 3.05) is 18.6 Å². The Hall–Kier alpha value is -2.42. The van der Waals surface area contributed by atoms with Crippen molar-refractivity contribution >= 4 is 28.0 Å². The fourth-order valence-corrected chi connectivity index (χ4v) is 2.45. The van der Waals surface area contributed by atoms with Gasteiger partial charge < -0.3 is 9.47 Å². The predicted molar refractivity (Wildman–Crippen MR) is 95.1 cm³/mol. The Balaban J connectivity index is 2.22. The van der Waals surface area contributed by atoms with Crippen molar-refractivity contribution in [3.05, 3.63) is 38.3 Å². The van der Waals surface area contributed by atoms with Gasteiger partial charge in [0, 0.05) is 0 Å². The minimum atomic E-state index is -0.541. The highest BCUT2D eigenvalue weighted by Gasteiger charge is 2.11. The summed E-state index contributed by atoms with van der Waals surface area (Å²) in [6.45, 7) is 6.58. The fourth-order valence-electron chi connectivity index (χ4n) is 1.88. The molecule has 0 amide bonds. The zero-order chi connectivity index (χ0) is 17.5. The van der Waals surface area contributed by atoms with E-state index in [-0.39, 0.29) is 0 Å². The third kappa shape index (κ3) is 4.54. The molecule has 0 spiro atoms. The molecule has 24 heavy (non-hydrogen) atoms. The van der Waals surface area contributed by atoms with Gasteiger partial charge in [-0.05, 0) is 54.4 Å². The molecule has 0 aliphatic heterocycles. The smallest absolute Gasteiger partial charge is 0.363 e. The average Bonchev–Trinajstić information content (AvgIpc) is 2.54. The number of anilines is 1. The number of ether oxygens (including phenoxy) is 2. The van der Waals surface area contributed by atoms with Crippen molar-refractivity contribution in [3.63, 3.8) is 0 Å². The first-order chi connectivity index (χ1) is 11.5. The Morgan fingerprint density at radius 3 is 2.79 bits per heavy atom. The van der Waals surface area contributed by atoms with Gasteiger partial charge in [0.2, 0.25) is 0 Å². The zero-order valence-corrected chi connectivity index (χ0v) is 15.2. The number of nitrogens with zero attached hydrogens (tertiary/aromatic N) is 3. The minimum absolute atomic E-state index is 0.296. The molecule has 0 atom stereocenters. The first kappa shape index (κ1) is 17.9. The van der Waals surface area contributed by atoms with Crippen molar-refractivity contribution in [1.82, 2.24) is 15.2 Å². The van der Waals surface area contributed by atoms with Crippen LogP contribution >= 0.6 is 15.9 Å². The molecule has 0 saturated carbocycles. The van der Waals surface area contributed by atoms with E-state index < -0.39 is 5.69 Å². The normalized spacial score (nSPS) is 10.8. The highest BCUT2D eigenvalue weighted by atomic mass is 79.9. The Bertz CT molecular complexity index is 791. The Labute approximate surface area is 147 Å². The summed E-state index contributed by atoms with van der Waals surface area (Å²) in [6, 6.07) is 3.68. The lowest BCUT2D eigenvalue weighted by molar-refractivity contribution is 0.286. The van der Waals surface area contributed by atoms with Gasteiger partial charge in [-0.3, -0.25) is 5.43 Å². The molecule has 8 nitrogen and oxygen atoms in total. The van der Waals surface area contributed by atoms with E-state index in [4.69, 9.17) is 9.47 Å². The Kier molecular flexibility index (Phi) is 6.30. The van der Waals surface area contributed by atoms with Crippen LogP contribution in [0.5, 0.6) is 11.5 Å². The van der Waals surface area contributed by atoms with Crippen LogP contribution in [0.15, 0.2) is 26.5 Å². The molecule has 1 heterocycles. The predicted octanol–water partition coefficient (Wildman–Crippen LogP) is 2.48. The maximum atomic E-state index is 11.2. The molecule has 9 heteroatoms. The molecule has 2 aromatic rings. The van der Waals surface area contributed by atoms with Crippen LogP contribution in [0.25, 0.3) is 0 Å². The average molecular weight is 396 g/mol. The maximum absolute atomic E-state index is 11.2. The largest absolute Gasteiger partial charge is 0.490 e. The topological polar surface area (TPSA) is 101 Å². The quantitative estimate of drug-likeness (QED) is 0.551. The van der Waals surface area contributed by atoms with Crippen LogP contribution in [0.1, 0.15) is 25.1 Å². The number of hydrazone groups is 1. The number of halogens is 1. The number of H-pyrrole nitrogens is 1. The van der Waals surface area contributed by atoms with Crippen molar-refractivity contribution in [2.24, 2.45) is 5.10 Å². The van der Waals surface area contributed by atoms with Crippen LogP contribution in [-0.2, 0) is 0 Å². The summed E-state index contributed by atoms with van der Waals surface area (Å²) in [4.78, 5) is 14.9. The molecule has 0 aliphatic rings. The van der Waals surface area contributed by atoms with Crippen molar-refractivity contribution in [1.29, 1.82) is 0 Å². The van der Waals surface area contributed by atoms with Crippen LogP contribution in [-0.4, -0.2) is 34.6 Å². The van der Waals surface area contributed by atoms with Crippen LogP contribution in [0.3, 0.4) is 0 Å². The maximum Gasteiger partial charge on any atom is 0.363 e. The highest BCUT2D eigenvalue weighted by molar-refractivity contribution is 9.10. The van der Waals surface area contributed by atoms with E-state index in [2.05, 4.69) is 41.6 Å². The molecule has 0 fully saturated rings. The van der Waals surface area contributed by atoms with Gasteiger partial charge in [-0.2, -0.15) is 15.2 Å². The lowest BCUT2D eigenvalue weighted by Crippen LogP contribution is -2.15. The van der Waals surface area contributed by atoms with E-state index >= 15 is 0 Å². The summed E-state index contributed by atoms with van der Waals surface area (Å²) in [7, 11) is 0. The molecule has 0 saturated heterocycles. The zero-order valence-electron chi connectivity index (χ0n) is 13.6. The van der Waals surface area contributed by atoms with Crippen LogP contribution in [0.2, 0.25) is 0 Å². The van der Waals surface area contributed by atoms with Gasteiger partial charge in [-0.1, -0.05) is 0 Å². The fraction of sp³-hybridized carbons (Fsp3) is 0.333. The first-order valence-corrected chi connectivity index (χ1v) is 8.16. The third-order valence-corrected chi connectivity index (χ3v) is 3.47. The van der Waals surface area contributed by atoms with Crippen molar-refractivity contribution in [3.8, 4) is 11.5 Å². The van der Waals surface area contributed by atoms with E-state index in [1.165, 1.54) is 0 Å². The second-order valence-electron chi connectivity index (χ2n) is 4.64. The molecular weight excluding hydrogens is 378 g/mol. The molecule has 0 radical (unpaired) electrons. The monoisotopic (exact) mass is 395 g/mol. The summed E-state index contributed by atoms with van der Waals surface area (Å²) in [5, 5.41) is 10.1. The molecular formula is C15H18BrN5O3. The van der Waals surface area contributed by atoms with E-state index in [0.717, 1.165) is 10.0 Å². The summed E-state index contributed by atoms with van der Waals surface area (Å²) in [5.41, 5.74) is 3.49. The molecule has 128 valence electrons. The van der Waals surface area contributed by atoms with Crippen LogP contribution < -0.4 is 20.6 Å². The molecule has 2 rings (SSSR count). The van der Waals surface area contributed by atoms with Crippen molar-refractivity contribution in [2.45, 2.75) is 20.8 Å². The van der Waals surface area contributed by atoms with Gasteiger partial charge in [0.25, 0.3) is 0 Å². The summed E-state index contributed by atoms with van der Waals surface area (Å²) in [6.07, 6.45) is 1.59. The van der Waals surface area contributed by atoms with Gasteiger partial charge in [-0.15, -0.1) is 0 Å². The van der Waals surface area contributed by atoms with Gasteiger partial charge in [0.1, 0.15) is 5.69 Å². The number of hydrogen-bond acceptors (Lipinski definition) is 7. The van der Waals surface area contributed by atoms with Crippen LogP contribution in [0.4, 0.5) is 5.82 Å². The summed E-state index contributed by atoms with van der Waals surface area (Å²) in [5.74, 6) is 1.58. The number of rotatable bonds is 7. The van der Waals surface area contributed by atoms with E-state index in [9.17, 15) is 4.79 Å². The van der Waals surface area contributed by atoms with Gasteiger partial charge in [0.15, 0.2) is 17.3 Å². The number of aromatic nitrogens is 3. The molecule has 1 aromatic heterocycles. The molecule has 0 unspecified atom stereocenters. The number of aromatic amines is 1. The third-order valence-electron chi connectivity index (χ3n) is 2.88. The van der Waals surface area contributed by atoms with E-state index in [1.54, 1.807) is 13.1 Å². The number of aryl methyl sites for hydroxylation is 1. The highest BCUT2D eigenvalue weighted by Crippen LogP contribution is 2.36. The molecule has 1 aromatic carbocycles. The Morgan fingerprint density at radius 2 is 2.08 bits per heavy atom. The van der Waals surface area contributed by atoms with Gasteiger partial charge in [-0.25, -0.2) is 9.89 Å². The van der Waals surface area contributed by atoms with Crippen molar-refractivity contribution < 1.29 is 9.47 Å². The minimum Gasteiger partial charge on any atom is -0.490 e. The second kappa shape index (κ2) is 8.44. The van der Waals surface area contributed by atoms with Gasteiger partial charge in [0.05, 0.1) is 23.9 Å². The molecule has 2 N–H and O–H groups in total. The number of nitrogens with one attached hydrogen (secondary N) is 2. The number of benzene rings is 1. The summed E-state index contributed by atoms with van der Waals surface area (Å²) < 4.78 is 12.0. The second-order valence-corrected chi connectivity index (χ2v) is 5.49. The molecule has 0 aliphatic carbocycles. The molecule has 0 bridgehead atoms. The Morgan fingerprint density at radius 1 is 1.33 bits per heavy atom.